The van der Waals surface area contributed by atoms with Crippen molar-refractivity contribution in [3.8, 4) is 0 Å². The minimum absolute atomic E-state index is 0.0437. The molecule has 0 fully saturated rings. The van der Waals surface area contributed by atoms with Gasteiger partial charge in [0.1, 0.15) is 0 Å². The second-order valence-electron chi connectivity index (χ2n) is 3.69. The molecule has 0 saturated heterocycles. The summed E-state index contributed by atoms with van der Waals surface area (Å²) in [7, 11) is 0. The standard InChI is InChI=1S/C11H16N4O5S/c1-3-5-12-10(18)13-7(16)6-21-11-15-14-8(20-11)9(17)19-4-2/h3-6H2,1-2H3,(H2,12,13,16,18). The highest BCUT2D eigenvalue weighted by Gasteiger charge is 2.17. The third kappa shape index (κ3) is 6.25. The number of carbonyl (C=O) groups excluding carboxylic acids is 3. The zero-order valence-corrected chi connectivity index (χ0v) is 12.5. The van der Waals surface area contributed by atoms with E-state index < -0.39 is 17.9 Å². The maximum Gasteiger partial charge on any atom is 0.396 e. The summed E-state index contributed by atoms with van der Waals surface area (Å²) in [5, 5.41) is 11.8. The molecule has 0 aromatic carbocycles. The number of carbonyl (C=O) groups is 3. The first kappa shape index (κ1) is 17.0. The number of thioether (sulfide) groups is 1. The van der Waals surface area contributed by atoms with E-state index in [0.29, 0.717) is 6.54 Å². The average molecular weight is 316 g/mol. The number of nitrogens with one attached hydrogen (secondary N) is 2. The second-order valence-corrected chi connectivity index (χ2v) is 4.61. The monoisotopic (exact) mass is 316 g/mol. The molecule has 0 unspecified atom stereocenters. The molecular weight excluding hydrogens is 300 g/mol. The Bertz CT molecular complexity index is 505. The summed E-state index contributed by atoms with van der Waals surface area (Å²) < 4.78 is 9.68. The molecule has 0 saturated carbocycles. The van der Waals surface area contributed by atoms with E-state index in [1.165, 1.54) is 0 Å². The van der Waals surface area contributed by atoms with E-state index in [0.717, 1.165) is 18.2 Å². The maximum atomic E-state index is 11.5. The van der Waals surface area contributed by atoms with Crippen molar-refractivity contribution in [2.24, 2.45) is 0 Å². The molecule has 1 aromatic heterocycles. The Morgan fingerprint density at radius 3 is 2.71 bits per heavy atom. The molecule has 0 spiro atoms. The molecule has 9 nitrogen and oxygen atoms in total. The molecular formula is C11H16N4O5S. The number of esters is 1. The van der Waals surface area contributed by atoms with E-state index in [9.17, 15) is 14.4 Å². The molecule has 116 valence electrons. The highest BCUT2D eigenvalue weighted by atomic mass is 32.2. The first-order valence-electron chi connectivity index (χ1n) is 6.27. The number of urea groups is 1. The highest BCUT2D eigenvalue weighted by Crippen LogP contribution is 2.15. The molecule has 0 aliphatic rings. The number of hydrogen-bond acceptors (Lipinski definition) is 8. The number of hydrogen-bond donors (Lipinski definition) is 2. The van der Waals surface area contributed by atoms with Crippen molar-refractivity contribution in [1.82, 2.24) is 20.8 Å². The smallest absolute Gasteiger partial charge is 0.396 e. The van der Waals surface area contributed by atoms with Crippen LogP contribution in [-0.2, 0) is 9.53 Å². The van der Waals surface area contributed by atoms with Crippen LogP contribution in [0.25, 0.3) is 0 Å². The first-order valence-corrected chi connectivity index (χ1v) is 7.26. The Morgan fingerprint density at radius 1 is 1.29 bits per heavy atom. The van der Waals surface area contributed by atoms with Gasteiger partial charge in [-0.3, -0.25) is 10.1 Å². The summed E-state index contributed by atoms with van der Waals surface area (Å²) in [6.45, 7) is 4.23. The van der Waals surface area contributed by atoms with Gasteiger partial charge in [0.05, 0.1) is 12.4 Å². The molecule has 10 heteroatoms. The van der Waals surface area contributed by atoms with Gasteiger partial charge in [-0.05, 0) is 13.3 Å². The topological polar surface area (TPSA) is 123 Å². The number of rotatable bonds is 7. The number of ether oxygens (including phenoxy) is 1. The summed E-state index contributed by atoms with van der Waals surface area (Å²) in [5.41, 5.74) is 0. The molecule has 3 amide bonds. The largest absolute Gasteiger partial charge is 0.459 e. The van der Waals surface area contributed by atoms with Crippen LogP contribution in [0.3, 0.4) is 0 Å². The maximum absolute atomic E-state index is 11.5. The van der Waals surface area contributed by atoms with Crippen molar-refractivity contribution < 1.29 is 23.5 Å². The van der Waals surface area contributed by atoms with Gasteiger partial charge in [-0.2, -0.15) is 0 Å². The van der Waals surface area contributed by atoms with E-state index in [-0.39, 0.29) is 23.5 Å². The number of amides is 3. The lowest BCUT2D eigenvalue weighted by Gasteiger charge is -2.03. The van der Waals surface area contributed by atoms with Gasteiger partial charge in [0, 0.05) is 6.54 Å². The fourth-order valence-electron chi connectivity index (χ4n) is 1.12. The van der Waals surface area contributed by atoms with Crippen molar-refractivity contribution in [3.05, 3.63) is 5.89 Å². The Kier molecular flexibility index (Phi) is 7.23. The second kappa shape index (κ2) is 8.95. The van der Waals surface area contributed by atoms with Gasteiger partial charge in [-0.25, -0.2) is 9.59 Å². The normalized spacial score (nSPS) is 10.0. The van der Waals surface area contributed by atoms with Crippen molar-refractivity contribution in [1.29, 1.82) is 0 Å². The molecule has 1 aromatic rings. The van der Waals surface area contributed by atoms with E-state index >= 15 is 0 Å². The van der Waals surface area contributed by atoms with Gasteiger partial charge in [0.15, 0.2) is 0 Å². The van der Waals surface area contributed by atoms with Crippen molar-refractivity contribution in [2.45, 2.75) is 25.5 Å². The molecule has 0 atom stereocenters. The highest BCUT2D eigenvalue weighted by molar-refractivity contribution is 7.99. The summed E-state index contributed by atoms with van der Waals surface area (Å²) in [6.07, 6.45) is 0.773. The molecule has 0 aliphatic heterocycles. The Balaban J connectivity index is 2.36. The zero-order valence-electron chi connectivity index (χ0n) is 11.7. The van der Waals surface area contributed by atoms with Crippen LogP contribution in [0.4, 0.5) is 4.79 Å². The Hall–Kier alpha value is -2.10. The summed E-state index contributed by atoms with van der Waals surface area (Å²) in [5.74, 6) is -1.60. The fourth-order valence-corrected chi connectivity index (χ4v) is 1.68. The molecule has 0 aliphatic carbocycles. The van der Waals surface area contributed by atoms with E-state index in [2.05, 4.69) is 25.6 Å². The van der Waals surface area contributed by atoms with Crippen LogP contribution in [0.2, 0.25) is 0 Å². The van der Waals surface area contributed by atoms with Crippen molar-refractivity contribution in [2.75, 3.05) is 18.9 Å². The minimum Gasteiger partial charge on any atom is -0.459 e. The minimum atomic E-state index is -0.722. The first-order chi connectivity index (χ1) is 10.1. The van der Waals surface area contributed by atoms with Gasteiger partial charge in [-0.15, -0.1) is 5.10 Å². The predicted octanol–water partition coefficient (Wildman–Crippen LogP) is 0.574. The van der Waals surface area contributed by atoms with Crippen LogP contribution < -0.4 is 10.6 Å². The summed E-state index contributed by atoms with van der Waals surface area (Å²) in [6, 6.07) is -0.555. The van der Waals surface area contributed by atoms with Crippen LogP contribution in [0, 0.1) is 0 Å². The van der Waals surface area contributed by atoms with Crippen molar-refractivity contribution >= 4 is 29.7 Å². The number of aromatic nitrogens is 2. The molecule has 0 radical (unpaired) electrons. The van der Waals surface area contributed by atoms with Crippen LogP contribution in [0.5, 0.6) is 0 Å². The van der Waals surface area contributed by atoms with Gasteiger partial charge < -0.3 is 14.5 Å². The SMILES string of the molecule is CCCNC(=O)NC(=O)CSc1nnc(C(=O)OCC)o1. The van der Waals surface area contributed by atoms with Crippen LogP contribution in [0.15, 0.2) is 9.64 Å². The lowest BCUT2D eigenvalue weighted by molar-refractivity contribution is -0.117. The van der Waals surface area contributed by atoms with Gasteiger partial charge >= 0.3 is 17.9 Å². The third-order valence-electron chi connectivity index (χ3n) is 1.97. The number of imide groups is 1. The molecule has 2 N–H and O–H groups in total. The van der Waals surface area contributed by atoms with E-state index in [4.69, 9.17) is 4.42 Å². The lowest BCUT2D eigenvalue weighted by atomic mass is 10.5. The van der Waals surface area contributed by atoms with Gasteiger partial charge in [0.2, 0.25) is 5.91 Å². The van der Waals surface area contributed by atoms with Crippen LogP contribution in [-0.4, -0.2) is 47.0 Å². The van der Waals surface area contributed by atoms with Crippen LogP contribution in [0.1, 0.15) is 31.0 Å². The average Bonchev–Trinajstić information content (AvgIpc) is 2.92. The van der Waals surface area contributed by atoms with Crippen LogP contribution >= 0.6 is 11.8 Å². The summed E-state index contributed by atoms with van der Waals surface area (Å²) in [4.78, 5) is 34.0. The predicted molar refractivity (Wildman–Crippen MR) is 72.8 cm³/mol. The third-order valence-corrected chi connectivity index (χ3v) is 2.79. The molecule has 21 heavy (non-hydrogen) atoms. The van der Waals surface area contributed by atoms with E-state index in [1.807, 2.05) is 6.92 Å². The summed E-state index contributed by atoms with van der Waals surface area (Å²) >= 11 is 0.911. The fraction of sp³-hybridized carbons (Fsp3) is 0.545. The Morgan fingerprint density at radius 2 is 2.05 bits per heavy atom. The van der Waals surface area contributed by atoms with Gasteiger partial charge in [0.25, 0.3) is 5.22 Å². The van der Waals surface area contributed by atoms with E-state index in [1.54, 1.807) is 6.92 Å². The molecule has 1 heterocycles. The van der Waals surface area contributed by atoms with Gasteiger partial charge in [-0.1, -0.05) is 23.8 Å². The van der Waals surface area contributed by atoms with Crippen molar-refractivity contribution in [3.63, 3.8) is 0 Å². The molecule has 0 bridgehead atoms. The quantitative estimate of drug-likeness (QED) is 0.553. The Labute approximate surface area is 125 Å². The zero-order chi connectivity index (χ0) is 15.7. The lowest BCUT2D eigenvalue weighted by Crippen LogP contribution is -2.40. The number of nitrogens with zero attached hydrogens (tertiary/aromatic N) is 2. The molecule has 1 rings (SSSR count).